The molecule has 2 fully saturated rings. The van der Waals surface area contributed by atoms with Crippen molar-refractivity contribution < 1.29 is 9.53 Å². The van der Waals surface area contributed by atoms with Crippen molar-refractivity contribution in [2.24, 2.45) is 0 Å². The Morgan fingerprint density at radius 3 is 2.79 bits per heavy atom. The van der Waals surface area contributed by atoms with E-state index in [0.29, 0.717) is 18.7 Å². The fourth-order valence-electron chi connectivity index (χ4n) is 3.65. The third-order valence-electron chi connectivity index (χ3n) is 5.30. The molecule has 2 aliphatic rings. The van der Waals surface area contributed by atoms with Gasteiger partial charge in [0.25, 0.3) is 0 Å². The Morgan fingerprint density at radius 2 is 2.12 bits per heavy atom. The molecule has 0 spiro atoms. The largest absolute Gasteiger partial charge is 0.373 e. The molecule has 0 aromatic heterocycles. The second-order valence-corrected chi connectivity index (χ2v) is 7.15. The first-order valence-electron chi connectivity index (χ1n) is 9.06. The van der Waals surface area contributed by atoms with Crippen LogP contribution in [0.25, 0.3) is 0 Å². The van der Waals surface area contributed by atoms with Crippen LogP contribution in [-0.4, -0.2) is 48.8 Å². The number of fused-ring (bicyclic) bond motifs is 2. The Balaban J connectivity index is 1.32. The van der Waals surface area contributed by atoms with E-state index < -0.39 is 0 Å². The molecule has 5 heteroatoms. The predicted molar refractivity (Wildman–Crippen MR) is 94.8 cm³/mol. The van der Waals surface area contributed by atoms with Crippen molar-refractivity contribution in [3.8, 4) is 0 Å². The molecule has 1 aromatic carbocycles. The van der Waals surface area contributed by atoms with Gasteiger partial charge in [-0.1, -0.05) is 30.3 Å². The Kier molecular flexibility index (Phi) is 5.74. The van der Waals surface area contributed by atoms with Gasteiger partial charge in [-0.2, -0.15) is 0 Å². The van der Waals surface area contributed by atoms with E-state index in [1.54, 1.807) is 0 Å². The van der Waals surface area contributed by atoms with Crippen molar-refractivity contribution >= 4 is 6.03 Å². The SMILES string of the molecule is C[C@H](CCNC(=O)N[C@@H]1C[C@H]2CC[C@H]1O2)N(C)Cc1ccccc1. The quantitative estimate of drug-likeness (QED) is 0.807. The predicted octanol–water partition coefficient (Wildman–Crippen LogP) is 2.52. The lowest BCUT2D eigenvalue weighted by atomic mass is 9.96. The number of hydrogen-bond acceptors (Lipinski definition) is 3. The summed E-state index contributed by atoms with van der Waals surface area (Å²) in [7, 11) is 2.13. The lowest BCUT2D eigenvalue weighted by molar-refractivity contribution is 0.0981. The number of nitrogens with one attached hydrogen (secondary N) is 2. The molecule has 3 rings (SSSR count). The normalized spacial score (nSPS) is 26.5. The Morgan fingerprint density at radius 1 is 1.33 bits per heavy atom. The van der Waals surface area contributed by atoms with Crippen LogP contribution in [0, 0.1) is 0 Å². The zero-order valence-corrected chi connectivity index (χ0v) is 14.7. The molecule has 5 nitrogen and oxygen atoms in total. The Bertz CT molecular complexity index is 537. The summed E-state index contributed by atoms with van der Waals surface area (Å²) in [5, 5.41) is 6.05. The van der Waals surface area contributed by atoms with Gasteiger partial charge < -0.3 is 15.4 Å². The van der Waals surface area contributed by atoms with E-state index in [1.165, 1.54) is 5.56 Å². The molecule has 24 heavy (non-hydrogen) atoms. The smallest absolute Gasteiger partial charge is 0.315 e. The van der Waals surface area contributed by atoms with Crippen molar-refractivity contribution in [1.82, 2.24) is 15.5 Å². The average molecular weight is 331 g/mol. The van der Waals surface area contributed by atoms with Crippen LogP contribution in [0.5, 0.6) is 0 Å². The average Bonchev–Trinajstić information content (AvgIpc) is 3.18. The number of amides is 2. The molecule has 2 N–H and O–H groups in total. The van der Waals surface area contributed by atoms with E-state index in [4.69, 9.17) is 4.74 Å². The summed E-state index contributed by atoms with van der Waals surface area (Å²) in [6.07, 6.45) is 4.73. The third kappa shape index (κ3) is 4.48. The summed E-state index contributed by atoms with van der Waals surface area (Å²) in [6.45, 7) is 3.82. The maximum atomic E-state index is 12.0. The first-order valence-corrected chi connectivity index (χ1v) is 9.06. The van der Waals surface area contributed by atoms with Gasteiger partial charge in [-0.3, -0.25) is 4.90 Å². The van der Waals surface area contributed by atoms with Crippen LogP contribution in [0.3, 0.4) is 0 Å². The second kappa shape index (κ2) is 7.99. The zero-order valence-electron chi connectivity index (χ0n) is 14.7. The number of carbonyl (C=O) groups is 1. The van der Waals surface area contributed by atoms with Gasteiger partial charge in [0.05, 0.1) is 18.2 Å². The van der Waals surface area contributed by atoms with Gasteiger partial charge in [-0.05, 0) is 45.2 Å². The van der Waals surface area contributed by atoms with E-state index >= 15 is 0 Å². The molecular formula is C19H29N3O2. The molecule has 0 aliphatic carbocycles. The molecule has 2 amide bonds. The topological polar surface area (TPSA) is 53.6 Å². The number of urea groups is 1. The molecule has 0 saturated carbocycles. The van der Waals surface area contributed by atoms with Crippen LogP contribution in [0.15, 0.2) is 30.3 Å². The van der Waals surface area contributed by atoms with Gasteiger partial charge in [0, 0.05) is 19.1 Å². The van der Waals surface area contributed by atoms with Crippen molar-refractivity contribution in [1.29, 1.82) is 0 Å². The van der Waals surface area contributed by atoms with Crippen molar-refractivity contribution in [2.45, 2.75) is 63.4 Å². The summed E-state index contributed by atoms with van der Waals surface area (Å²) in [5.41, 5.74) is 1.31. The van der Waals surface area contributed by atoms with Crippen LogP contribution in [-0.2, 0) is 11.3 Å². The van der Waals surface area contributed by atoms with Gasteiger partial charge in [0.1, 0.15) is 0 Å². The molecule has 4 atom stereocenters. The first kappa shape index (κ1) is 17.2. The number of rotatable bonds is 7. The minimum atomic E-state index is -0.0611. The molecule has 2 heterocycles. The van der Waals surface area contributed by atoms with E-state index in [0.717, 1.165) is 32.2 Å². The van der Waals surface area contributed by atoms with Crippen molar-refractivity contribution in [2.75, 3.05) is 13.6 Å². The third-order valence-corrected chi connectivity index (χ3v) is 5.30. The molecule has 2 bridgehead atoms. The minimum Gasteiger partial charge on any atom is -0.373 e. The van der Waals surface area contributed by atoms with Gasteiger partial charge >= 0.3 is 6.03 Å². The molecule has 132 valence electrons. The minimum absolute atomic E-state index is 0.0611. The fourth-order valence-corrected chi connectivity index (χ4v) is 3.65. The highest BCUT2D eigenvalue weighted by Gasteiger charge is 2.41. The molecular weight excluding hydrogens is 302 g/mol. The second-order valence-electron chi connectivity index (χ2n) is 7.15. The van der Waals surface area contributed by atoms with Crippen molar-refractivity contribution in [3.63, 3.8) is 0 Å². The summed E-state index contributed by atoms with van der Waals surface area (Å²) in [6, 6.07) is 11.0. The summed E-state index contributed by atoms with van der Waals surface area (Å²) in [5.74, 6) is 0. The highest BCUT2D eigenvalue weighted by Crippen LogP contribution is 2.34. The summed E-state index contributed by atoms with van der Waals surface area (Å²) < 4.78 is 5.77. The first-order chi connectivity index (χ1) is 11.6. The van der Waals surface area contributed by atoms with Crippen LogP contribution in [0.2, 0.25) is 0 Å². The van der Waals surface area contributed by atoms with Crippen LogP contribution >= 0.6 is 0 Å². The number of hydrogen-bond donors (Lipinski definition) is 2. The van der Waals surface area contributed by atoms with Crippen LogP contribution < -0.4 is 10.6 Å². The maximum Gasteiger partial charge on any atom is 0.315 e. The van der Waals surface area contributed by atoms with Gasteiger partial charge in [-0.25, -0.2) is 4.79 Å². The van der Waals surface area contributed by atoms with E-state index in [2.05, 4.69) is 53.8 Å². The molecule has 1 aromatic rings. The number of carbonyl (C=O) groups excluding carboxylic acids is 1. The standard InChI is InChI=1S/C19H29N3O2/c1-14(22(2)13-15-6-4-3-5-7-15)10-11-20-19(23)21-17-12-16-8-9-18(17)24-16/h3-7,14,16-18H,8-13H2,1-2H3,(H2,20,21,23)/t14-,16-,17-,18-/m1/s1. The highest BCUT2D eigenvalue weighted by molar-refractivity contribution is 5.74. The number of benzene rings is 1. The molecule has 2 aliphatic heterocycles. The van der Waals surface area contributed by atoms with Gasteiger partial charge in [0.2, 0.25) is 0 Å². The lowest BCUT2D eigenvalue weighted by Crippen LogP contribution is -2.47. The Labute approximate surface area is 144 Å². The number of nitrogens with zero attached hydrogens (tertiary/aromatic N) is 1. The fraction of sp³-hybridized carbons (Fsp3) is 0.632. The van der Waals surface area contributed by atoms with Gasteiger partial charge in [-0.15, -0.1) is 0 Å². The van der Waals surface area contributed by atoms with Crippen molar-refractivity contribution in [3.05, 3.63) is 35.9 Å². The molecule has 2 saturated heterocycles. The van der Waals surface area contributed by atoms with E-state index in [9.17, 15) is 4.79 Å². The monoisotopic (exact) mass is 331 g/mol. The van der Waals surface area contributed by atoms with E-state index in [1.807, 2.05) is 6.07 Å². The summed E-state index contributed by atoms with van der Waals surface area (Å²) in [4.78, 5) is 14.3. The van der Waals surface area contributed by atoms with E-state index in [-0.39, 0.29) is 18.2 Å². The molecule has 0 unspecified atom stereocenters. The molecule has 0 radical (unpaired) electrons. The maximum absolute atomic E-state index is 12.0. The summed E-state index contributed by atoms with van der Waals surface area (Å²) >= 11 is 0. The number of ether oxygens (including phenoxy) is 1. The van der Waals surface area contributed by atoms with Gasteiger partial charge in [0.15, 0.2) is 0 Å². The Hall–Kier alpha value is -1.59. The lowest BCUT2D eigenvalue weighted by Gasteiger charge is -2.25. The van der Waals surface area contributed by atoms with Crippen LogP contribution in [0.1, 0.15) is 38.2 Å². The highest BCUT2D eigenvalue weighted by atomic mass is 16.5. The zero-order chi connectivity index (χ0) is 16.9. The van der Waals surface area contributed by atoms with Crippen LogP contribution in [0.4, 0.5) is 4.79 Å².